The molecule has 1 heterocycles. The van der Waals surface area contributed by atoms with E-state index in [4.69, 9.17) is 10.5 Å². The normalized spacial score (nSPS) is 22.5. The fraction of sp³-hybridized carbons (Fsp3) is 0.750. The summed E-state index contributed by atoms with van der Waals surface area (Å²) in [6.45, 7) is 2.62. The van der Waals surface area contributed by atoms with Gasteiger partial charge in [-0.25, -0.2) is 0 Å². The second-order valence-electron chi connectivity index (χ2n) is 6.28. The molecule has 1 aliphatic carbocycles. The van der Waals surface area contributed by atoms with Gasteiger partial charge >= 0.3 is 0 Å². The molecule has 0 radical (unpaired) electrons. The van der Waals surface area contributed by atoms with Crippen molar-refractivity contribution in [3.63, 3.8) is 0 Å². The fourth-order valence-electron chi connectivity index (χ4n) is 3.11. The van der Waals surface area contributed by atoms with E-state index in [1.54, 1.807) is 0 Å². The Kier molecular flexibility index (Phi) is 6.39. The maximum atomic E-state index is 12.4. The van der Waals surface area contributed by atoms with E-state index >= 15 is 0 Å². The molecule has 0 aromatic heterocycles. The van der Waals surface area contributed by atoms with Crippen molar-refractivity contribution >= 4 is 11.8 Å². The summed E-state index contributed by atoms with van der Waals surface area (Å²) in [4.78, 5) is 27.1. The summed E-state index contributed by atoms with van der Waals surface area (Å²) < 4.78 is 5.70. The molecule has 1 atom stereocenters. The smallest absolute Gasteiger partial charge is 0.231 e. The molecule has 0 aromatic rings. The van der Waals surface area contributed by atoms with Crippen LogP contribution in [0.25, 0.3) is 0 Å². The largest absolute Gasteiger partial charge is 0.373 e. The van der Waals surface area contributed by atoms with Crippen LogP contribution in [-0.4, -0.2) is 67.6 Å². The zero-order chi connectivity index (χ0) is 15.9. The summed E-state index contributed by atoms with van der Waals surface area (Å²) in [7, 11) is 1.84. The van der Waals surface area contributed by atoms with Crippen LogP contribution in [0.4, 0.5) is 0 Å². The van der Waals surface area contributed by atoms with Gasteiger partial charge in [0.2, 0.25) is 11.8 Å². The first-order valence-corrected chi connectivity index (χ1v) is 8.08. The summed E-state index contributed by atoms with van der Waals surface area (Å²) in [5, 5.41) is 0. The average Bonchev–Trinajstić information content (AvgIpc) is 2.47. The molecule has 1 aliphatic heterocycles. The Morgan fingerprint density at radius 1 is 1.45 bits per heavy atom. The molecule has 0 saturated carbocycles. The van der Waals surface area contributed by atoms with Crippen molar-refractivity contribution in [1.82, 2.24) is 9.80 Å². The third-order valence-corrected chi connectivity index (χ3v) is 4.20. The number of hydrogen-bond donors (Lipinski definition) is 1. The van der Waals surface area contributed by atoms with Crippen molar-refractivity contribution in [2.75, 3.05) is 39.8 Å². The van der Waals surface area contributed by atoms with Gasteiger partial charge in [0.1, 0.15) is 0 Å². The number of amides is 2. The van der Waals surface area contributed by atoms with E-state index in [2.05, 4.69) is 6.08 Å². The zero-order valence-corrected chi connectivity index (χ0v) is 13.4. The highest BCUT2D eigenvalue weighted by atomic mass is 16.5. The molecule has 0 bridgehead atoms. The molecule has 0 spiro atoms. The number of nitrogens with two attached hydrogens (primary N) is 1. The van der Waals surface area contributed by atoms with Crippen LogP contribution >= 0.6 is 0 Å². The van der Waals surface area contributed by atoms with Gasteiger partial charge in [-0.1, -0.05) is 11.6 Å². The van der Waals surface area contributed by atoms with Crippen molar-refractivity contribution in [3.05, 3.63) is 11.6 Å². The van der Waals surface area contributed by atoms with Gasteiger partial charge in [0.05, 0.1) is 19.3 Å². The lowest BCUT2D eigenvalue weighted by Crippen LogP contribution is -2.50. The minimum Gasteiger partial charge on any atom is -0.373 e. The van der Waals surface area contributed by atoms with E-state index in [-0.39, 0.29) is 24.5 Å². The summed E-state index contributed by atoms with van der Waals surface area (Å²) in [5.41, 5.74) is 6.47. The van der Waals surface area contributed by atoms with E-state index in [0.717, 1.165) is 12.8 Å². The summed E-state index contributed by atoms with van der Waals surface area (Å²) in [5.74, 6) is -0.158. The third-order valence-electron chi connectivity index (χ3n) is 4.20. The van der Waals surface area contributed by atoms with Crippen molar-refractivity contribution < 1.29 is 14.3 Å². The molecule has 6 nitrogen and oxygen atoms in total. The van der Waals surface area contributed by atoms with Crippen LogP contribution in [0, 0.1) is 0 Å². The molecule has 2 rings (SSSR count). The molecule has 124 valence electrons. The van der Waals surface area contributed by atoms with Crippen molar-refractivity contribution in [2.24, 2.45) is 5.73 Å². The van der Waals surface area contributed by atoms with Gasteiger partial charge in [-0.05, 0) is 32.7 Å². The van der Waals surface area contributed by atoms with Gasteiger partial charge in [0.15, 0.2) is 0 Å². The van der Waals surface area contributed by atoms with E-state index in [1.165, 1.54) is 18.4 Å². The third kappa shape index (κ3) is 5.42. The Labute approximate surface area is 132 Å². The lowest BCUT2D eigenvalue weighted by Gasteiger charge is -2.35. The number of ether oxygens (including phenoxy) is 1. The van der Waals surface area contributed by atoms with Crippen LogP contribution in [-0.2, 0) is 14.3 Å². The van der Waals surface area contributed by atoms with Gasteiger partial charge in [-0.2, -0.15) is 0 Å². The number of nitrogens with zero attached hydrogens (tertiary/aromatic N) is 2. The van der Waals surface area contributed by atoms with Gasteiger partial charge < -0.3 is 15.4 Å². The number of rotatable bonds is 6. The minimum absolute atomic E-state index is 0.0533. The van der Waals surface area contributed by atoms with Gasteiger partial charge in [0.25, 0.3) is 0 Å². The van der Waals surface area contributed by atoms with E-state index in [0.29, 0.717) is 32.7 Å². The molecular weight excluding hydrogens is 282 g/mol. The van der Waals surface area contributed by atoms with Gasteiger partial charge in [-0.15, -0.1) is 0 Å². The Bertz CT molecular complexity index is 436. The highest BCUT2D eigenvalue weighted by molar-refractivity contribution is 5.79. The molecule has 2 aliphatic rings. The number of allylic oxidation sites excluding steroid dienone is 1. The summed E-state index contributed by atoms with van der Waals surface area (Å²) in [6, 6.07) is 0. The Morgan fingerprint density at radius 2 is 2.27 bits per heavy atom. The molecule has 0 unspecified atom stereocenters. The number of carbonyl (C=O) groups excluding carboxylic acids is 2. The Balaban J connectivity index is 1.80. The number of likely N-dealkylation sites (N-methyl/N-ethyl adjacent to an activating group) is 1. The predicted molar refractivity (Wildman–Crippen MR) is 84.2 cm³/mol. The van der Waals surface area contributed by atoms with Crippen LogP contribution in [0.15, 0.2) is 11.6 Å². The molecule has 0 aromatic carbocycles. The Hall–Kier alpha value is -1.40. The molecule has 1 fully saturated rings. The van der Waals surface area contributed by atoms with Crippen LogP contribution in [0.3, 0.4) is 0 Å². The zero-order valence-electron chi connectivity index (χ0n) is 13.4. The van der Waals surface area contributed by atoms with Crippen molar-refractivity contribution in [2.45, 2.75) is 38.2 Å². The number of morpholine rings is 1. The van der Waals surface area contributed by atoms with Crippen molar-refractivity contribution in [3.8, 4) is 0 Å². The second-order valence-corrected chi connectivity index (χ2v) is 6.28. The van der Waals surface area contributed by atoms with E-state index in [1.807, 2.05) is 16.8 Å². The average molecular weight is 309 g/mol. The highest BCUT2D eigenvalue weighted by Crippen LogP contribution is 2.21. The number of hydrogen-bond acceptors (Lipinski definition) is 4. The van der Waals surface area contributed by atoms with Crippen LogP contribution in [0.5, 0.6) is 0 Å². The standard InChI is InChI=1S/C16H27N3O3/c1-18(12-15(17)20)10-14-11-19(7-8-22-14)16(21)9-13-5-3-2-4-6-13/h5,14H,2-4,6-12H2,1H3,(H2,17,20)/t14-/m0/s1. The first-order chi connectivity index (χ1) is 10.5. The van der Waals surface area contributed by atoms with Gasteiger partial charge in [0, 0.05) is 26.1 Å². The number of primary amides is 1. The topological polar surface area (TPSA) is 75.9 Å². The first-order valence-electron chi connectivity index (χ1n) is 8.08. The predicted octanol–water partition coefficient (Wildman–Crippen LogP) is 0.521. The molecule has 22 heavy (non-hydrogen) atoms. The molecule has 2 N–H and O–H groups in total. The monoisotopic (exact) mass is 309 g/mol. The maximum Gasteiger partial charge on any atom is 0.231 e. The van der Waals surface area contributed by atoms with Crippen molar-refractivity contribution in [1.29, 1.82) is 0 Å². The van der Waals surface area contributed by atoms with Crippen LogP contribution in [0.1, 0.15) is 32.1 Å². The minimum atomic E-state index is -0.351. The molecule has 6 heteroatoms. The summed E-state index contributed by atoms with van der Waals surface area (Å²) in [6.07, 6.45) is 7.31. The van der Waals surface area contributed by atoms with Crippen LogP contribution in [0.2, 0.25) is 0 Å². The van der Waals surface area contributed by atoms with Crippen LogP contribution < -0.4 is 5.73 Å². The summed E-state index contributed by atoms with van der Waals surface area (Å²) >= 11 is 0. The highest BCUT2D eigenvalue weighted by Gasteiger charge is 2.25. The maximum absolute atomic E-state index is 12.4. The molecule has 2 amide bonds. The fourth-order valence-corrected chi connectivity index (χ4v) is 3.11. The lowest BCUT2D eigenvalue weighted by atomic mass is 9.97. The number of carbonyl (C=O) groups is 2. The first kappa shape index (κ1) is 17.0. The SMILES string of the molecule is CN(CC(N)=O)C[C@H]1CN(C(=O)CC2=CCCCC2)CCO1. The molecule has 1 saturated heterocycles. The Morgan fingerprint density at radius 3 is 2.95 bits per heavy atom. The lowest BCUT2D eigenvalue weighted by molar-refractivity contribution is -0.139. The van der Waals surface area contributed by atoms with E-state index in [9.17, 15) is 9.59 Å². The van der Waals surface area contributed by atoms with Gasteiger partial charge in [-0.3, -0.25) is 14.5 Å². The quantitative estimate of drug-likeness (QED) is 0.726. The van der Waals surface area contributed by atoms with E-state index < -0.39 is 0 Å². The molecular formula is C16H27N3O3. The second kappa shape index (κ2) is 8.29.